The molecule has 0 aromatic carbocycles. The van der Waals surface area contributed by atoms with Crippen LogP contribution in [0.15, 0.2) is 0 Å². The average molecular weight is 450 g/mol. The fraction of sp³-hybridized carbons (Fsp3) is 0.762. The Morgan fingerprint density at radius 1 is 0.968 bits per heavy atom. The number of piperidine rings is 1. The van der Waals surface area contributed by atoms with E-state index < -0.39 is 10.2 Å². The van der Waals surface area contributed by atoms with Gasteiger partial charge in [0, 0.05) is 56.3 Å². The van der Waals surface area contributed by atoms with Crippen LogP contribution in [-0.4, -0.2) is 78.8 Å². The summed E-state index contributed by atoms with van der Waals surface area (Å²) in [6, 6.07) is 0. The lowest BCUT2D eigenvalue weighted by Crippen LogP contribution is -2.50. The molecule has 5 rings (SSSR count). The highest BCUT2D eigenvalue weighted by atomic mass is 32.2. The molecule has 1 saturated carbocycles. The molecule has 0 spiro atoms. The number of ether oxygens (including phenoxy) is 1. The number of fused-ring (bicyclic) bond motifs is 1. The van der Waals surface area contributed by atoms with Crippen LogP contribution in [0.3, 0.4) is 0 Å². The van der Waals surface area contributed by atoms with Crippen LogP contribution in [0.4, 0.5) is 5.82 Å². The molecule has 0 bridgehead atoms. The Labute approximate surface area is 184 Å². The van der Waals surface area contributed by atoms with Crippen LogP contribution < -0.4 is 4.90 Å². The first-order valence-electron chi connectivity index (χ1n) is 11.4. The molecule has 10 heteroatoms. The zero-order valence-electron chi connectivity index (χ0n) is 18.1. The van der Waals surface area contributed by atoms with Gasteiger partial charge in [0.2, 0.25) is 5.91 Å². The van der Waals surface area contributed by atoms with Crippen molar-refractivity contribution in [2.24, 2.45) is 5.92 Å². The van der Waals surface area contributed by atoms with Crippen LogP contribution in [-0.2, 0) is 26.2 Å². The van der Waals surface area contributed by atoms with E-state index in [4.69, 9.17) is 14.7 Å². The standard InChI is InChI=1S/C21H31N5O4S/c1-15-18-4-5-19(27)26(14-16-2-3-16)21(18)23-20(22-15)17-6-8-24(9-7-17)31(28,29)25-10-12-30-13-11-25/h16-17H,2-14H2,1H3. The molecule has 0 N–H and O–H groups in total. The van der Waals surface area contributed by atoms with E-state index in [-0.39, 0.29) is 11.8 Å². The third-order valence-electron chi connectivity index (χ3n) is 6.93. The molecule has 1 aromatic rings. The number of amides is 1. The van der Waals surface area contributed by atoms with Crippen LogP contribution in [0.25, 0.3) is 0 Å². The van der Waals surface area contributed by atoms with Gasteiger partial charge in [0.15, 0.2) is 0 Å². The topological polar surface area (TPSA) is 95.9 Å². The van der Waals surface area contributed by atoms with E-state index in [2.05, 4.69) is 0 Å². The van der Waals surface area contributed by atoms with Gasteiger partial charge < -0.3 is 4.74 Å². The van der Waals surface area contributed by atoms with Crippen LogP contribution in [0.1, 0.15) is 55.1 Å². The highest BCUT2D eigenvalue weighted by Crippen LogP contribution is 2.36. The highest BCUT2D eigenvalue weighted by molar-refractivity contribution is 7.86. The van der Waals surface area contributed by atoms with Crippen molar-refractivity contribution in [1.82, 2.24) is 18.6 Å². The minimum Gasteiger partial charge on any atom is -0.379 e. The minimum atomic E-state index is -3.44. The van der Waals surface area contributed by atoms with Gasteiger partial charge in [0.25, 0.3) is 10.2 Å². The molecule has 1 amide bonds. The third kappa shape index (κ3) is 4.22. The Morgan fingerprint density at radius 3 is 2.32 bits per heavy atom. The van der Waals surface area contributed by atoms with E-state index in [1.54, 1.807) is 4.31 Å². The number of carbonyl (C=O) groups is 1. The largest absolute Gasteiger partial charge is 0.379 e. The Balaban J connectivity index is 1.32. The van der Waals surface area contributed by atoms with Crippen molar-refractivity contribution in [2.75, 3.05) is 50.8 Å². The van der Waals surface area contributed by atoms with E-state index in [0.717, 1.165) is 29.4 Å². The number of carbonyl (C=O) groups excluding carboxylic acids is 1. The number of hydrogen-bond donors (Lipinski definition) is 0. The molecule has 0 atom stereocenters. The molecule has 9 nitrogen and oxygen atoms in total. The number of aromatic nitrogens is 2. The van der Waals surface area contributed by atoms with Crippen LogP contribution in [0.5, 0.6) is 0 Å². The lowest BCUT2D eigenvalue weighted by Gasteiger charge is -2.36. The predicted molar refractivity (Wildman–Crippen MR) is 115 cm³/mol. The van der Waals surface area contributed by atoms with E-state index in [9.17, 15) is 13.2 Å². The number of hydrogen-bond acceptors (Lipinski definition) is 6. The number of nitrogens with zero attached hydrogens (tertiary/aromatic N) is 5. The van der Waals surface area contributed by atoms with E-state index in [1.807, 2.05) is 11.8 Å². The van der Waals surface area contributed by atoms with Gasteiger partial charge in [-0.15, -0.1) is 0 Å². The van der Waals surface area contributed by atoms with Crippen molar-refractivity contribution in [3.05, 3.63) is 17.1 Å². The molecular weight excluding hydrogens is 418 g/mol. The van der Waals surface area contributed by atoms with E-state index in [1.165, 1.54) is 17.1 Å². The van der Waals surface area contributed by atoms with Crippen LogP contribution in [0.2, 0.25) is 0 Å². The maximum absolute atomic E-state index is 12.9. The van der Waals surface area contributed by atoms with Gasteiger partial charge in [-0.1, -0.05) is 0 Å². The number of aryl methyl sites for hydroxylation is 1. The predicted octanol–water partition coefficient (Wildman–Crippen LogP) is 1.23. The zero-order valence-corrected chi connectivity index (χ0v) is 18.9. The van der Waals surface area contributed by atoms with Gasteiger partial charge in [-0.2, -0.15) is 17.0 Å². The van der Waals surface area contributed by atoms with Gasteiger partial charge in [-0.05, 0) is 44.9 Å². The van der Waals surface area contributed by atoms with Gasteiger partial charge >= 0.3 is 0 Å². The minimum absolute atomic E-state index is 0.111. The number of morpholine rings is 1. The van der Waals surface area contributed by atoms with Crippen molar-refractivity contribution in [3.63, 3.8) is 0 Å². The summed E-state index contributed by atoms with van der Waals surface area (Å²) >= 11 is 0. The highest BCUT2D eigenvalue weighted by Gasteiger charge is 2.37. The molecule has 2 saturated heterocycles. The van der Waals surface area contributed by atoms with Crippen molar-refractivity contribution in [3.8, 4) is 0 Å². The van der Waals surface area contributed by atoms with Crippen molar-refractivity contribution >= 4 is 21.9 Å². The van der Waals surface area contributed by atoms with Gasteiger partial charge in [-0.25, -0.2) is 9.97 Å². The molecule has 170 valence electrons. The lowest BCUT2D eigenvalue weighted by atomic mass is 9.96. The van der Waals surface area contributed by atoms with Crippen molar-refractivity contribution < 1.29 is 17.9 Å². The number of rotatable bonds is 5. The van der Waals surface area contributed by atoms with Crippen LogP contribution in [0, 0.1) is 12.8 Å². The van der Waals surface area contributed by atoms with E-state index >= 15 is 0 Å². The second kappa shape index (κ2) is 8.38. The fourth-order valence-corrected chi connectivity index (χ4v) is 6.43. The molecule has 4 heterocycles. The molecule has 0 unspecified atom stereocenters. The summed E-state index contributed by atoms with van der Waals surface area (Å²) in [7, 11) is -3.44. The fourth-order valence-electron chi connectivity index (χ4n) is 4.82. The first-order chi connectivity index (χ1) is 14.9. The van der Waals surface area contributed by atoms with Crippen molar-refractivity contribution in [2.45, 2.75) is 51.4 Å². The second-order valence-corrected chi connectivity index (χ2v) is 11.0. The number of anilines is 1. The summed E-state index contributed by atoms with van der Waals surface area (Å²) in [6.07, 6.45) is 4.99. The van der Waals surface area contributed by atoms with Crippen molar-refractivity contribution in [1.29, 1.82) is 0 Å². The van der Waals surface area contributed by atoms with Gasteiger partial charge in [0.1, 0.15) is 11.6 Å². The Kier molecular flexibility index (Phi) is 5.74. The van der Waals surface area contributed by atoms with Crippen LogP contribution >= 0.6 is 0 Å². The quantitative estimate of drug-likeness (QED) is 0.671. The second-order valence-electron chi connectivity index (χ2n) is 9.11. The molecule has 1 aliphatic carbocycles. The lowest BCUT2D eigenvalue weighted by molar-refractivity contribution is -0.119. The third-order valence-corrected chi connectivity index (χ3v) is 8.97. The summed E-state index contributed by atoms with van der Waals surface area (Å²) in [4.78, 5) is 24.2. The molecule has 4 aliphatic rings. The Hall–Kier alpha value is -1.62. The molecule has 3 fully saturated rings. The Morgan fingerprint density at radius 2 is 1.65 bits per heavy atom. The normalized spacial score (nSPS) is 24.4. The molecular formula is C21H31N5O4S. The summed E-state index contributed by atoms with van der Waals surface area (Å²) in [6.45, 7) is 5.44. The molecule has 31 heavy (non-hydrogen) atoms. The van der Waals surface area contributed by atoms with Gasteiger partial charge in [-0.3, -0.25) is 9.69 Å². The van der Waals surface area contributed by atoms with Gasteiger partial charge in [0.05, 0.1) is 13.2 Å². The first-order valence-corrected chi connectivity index (χ1v) is 12.8. The summed E-state index contributed by atoms with van der Waals surface area (Å²) in [5, 5.41) is 0. The first kappa shape index (κ1) is 21.2. The SMILES string of the molecule is Cc1nc(C2CCN(S(=O)(=O)N3CCOCC3)CC2)nc2c1CCC(=O)N2CC1CC1. The maximum atomic E-state index is 12.9. The monoisotopic (exact) mass is 449 g/mol. The molecule has 0 radical (unpaired) electrons. The zero-order chi connectivity index (χ0) is 21.6. The smallest absolute Gasteiger partial charge is 0.282 e. The maximum Gasteiger partial charge on any atom is 0.282 e. The average Bonchev–Trinajstić information content (AvgIpc) is 3.60. The summed E-state index contributed by atoms with van der Waals surface area (Å²) in [5.41, 5.74) is 2.05. The molecule has 3 aliphatic heterocycles. The van der Waals surface area contributed by atoms with E-state index in [0.29, 0.717) is 71.0 Å². The summed E-state index contributed by atoms with van der Waals surface area (Å²) in [5.74, 6) is 2.43. The summed E-state index contributed by atoms with van der Waals surface area (Å²) < 4.78 is 34.3. The Bertz CT molecular complexity index is 951. The molecule has 1 aromatic heterocycles.